The molecule has 0 saturated heterocycles. The Morgan fingerprint density at radius 2 is 1.97 bits per heavy atom. The number of amides is 1. The van der Waals surface area contributed by atoms with Crippen LogP contribution in [0.15, 0.2) is 24.5 Å². The van der Waals surface area contributed by atoms with Gasteiger partial charge in [0.1, 0.15) is 18.2 Å². The smallest absolute Gasteiger partial charge is 0.291 e. The van der Waals surface area contributed by atoms with Crippen molar-refractivity contribution in [1.82, 2.24) is 24.5 Å². The molecule has 1 aromatic carbocycles. The number of anilines is 1. The quantitative estimate of drug-likeness (QED) is 0.564. The molecule has 3 aromatic rings. The lowest BCUT2D eigenvalue weighted by Gasteiger charge is -2.13. The van der Waals surface area contributed by atoms with Crippen molar-refractivity contribution in [1.29, 1.82) is 0 Å². The normalized spacial score (nSPS) is 12.8. The summed E-state index contributed by atoms with van der Waals surface area (Å²) >= 11 is 11.7. The lowest BCUT2D eigenvalue weighted by atomic mass is 10.2. The van der Waals surface area contributed by atoms with Crippen molar-refractivity contribution in [3.63, 3.8) is 0 Å². The number of carbonyl (C=O) groups is 1. The summed E-state index contributed by atoms with van der Waals surface area (Å²) in [5.74, 6) is -1.36. The van der Waals surface area contributed by atoms with Crippen LogP contribution in [0.25, 0.3) is 0 Å². The molecule has 0 fully saturated rings. The van der Waals surface area contributed by atoms with Gasteiger partial charge in [-0.15, -0.1) is 5.10 Å². The van der Waals surface area contributed by atoms with Crippen LogP contribution in [-0.2, 0) is 17.5 Å². The second kappa shape index (κ2) is 8.23. The average molecular weight is 465 g/mol. The molecular formula is C17H14Cl2F4N6O. The highest BCUT2D eigenvalue weighted by atomic mass is 35.5. The first-order valence-electron chi connectivity index (χ1n) is 8.44. The van der Waals surface area contributed by atoms with E-state index >= 15 is 0 Å². The van der Waals surface area contributed by atoms with Gasteiger partial charge < -0.3 is 0 Å². The van der Waals surface area contributed by atoms with Crippen molar-refractivity contribution in [2.45, 2.75) is 32.6 Å². The first kappa shape index (κ1) is 22.0. The molecule has 0 aliphatic heterocycles. The van der Waals surface area contributed by atoms with Crippen molar-refractivity contribution in [2.75, 3.05) is 5.32 Å². The van der Waals surface area contributed by atoms with Crippen LogP contribution in [-0.4, -0.2) is 30.5 Å². The van der Waals surface area contributed by atoms with E-state index in [1.807, 2.05) is 0 Å². The number of hydrogen-bond donors (Lipinski definition) is 1. The fourth-order valence-corrected chi connectivity index (χ4v) is 3.11. The molecule has 2 heterocycles. The summed E-state index contributed by atoms with van der Waals surface area (Å²) in [4.78, 5) is 16.3. The van der Waals surface area contributed by atoms with Crippen molar-refractivity contribution in [3.8, 4) is 0 Å². The van der Waals surface area contributed by atoms with Crippen LogP contribution in [0.1, 0.15) is 29.9 Å². The molecule has 0 spiro atoms. The van der Waals surface area contributed by atoms with Gasteiger partial charge in [-0.3, -0.25) is 14.8 Å². The monoisotopic (exact) mass is 464 g/mol. The molecule has 30 heavy (non-hydrogen) atoms. The third-order valence-electron chi connectivity index (χ3n) is 4.25. The van der Waals surface area contributed by atoms with Crippen molar-refractivity contribution in [3.05, 3.63) is 57.3 Å². The largest absolute Gasteiger partial charge is 0.436 e. The van der Waals surface area contributed by atoms with Gasteiger partial charge in [-0.05, 0) is 26.0 Å². The molecule has 0 aliphatic carbocycles. The van der Waals surface area contributed by atoms with E-state index < -0.39 is 34.7 Å². The molecule has 2 aromatic heterocycles. The summed E-state index contributed by atoms with van der Waals surface area (Å²) < 4.78 is 54.9. The summed E-state index contributed by atoms with van der Waals surface area (Å²) in [5.41, 5.74) is -1.10. The van der Waals surface area contributed by atoms with Crippen LogP contribution in [0.5, 0.6) is 0 Å². The SMILES string of the molecule is Cc1c(Cl)c(C(F)(F)F)nn1C(C)C(=O)Nc1ncn(Cc2c(F)cccc2Cl)n1. The number of benzene rings is 1. The van der Waals surface area contributed by atoms with Crippen LogP contribution < -0.4 is 5.32 Å². The Bertz CT molecular complexity index is 1070. The Morgan fingerprint density at radius 3 is 2.57 bits per heavy atom. The van der Waals surface area contributed by atoms with Crippen LogP contribution in [0.3, 0.4) is 0 Å². The first-order chi connectivity index (χ1) is 14.0. The average Bonchev–Trinajstić information content (AvgIpc) is 3.22. The van der Waals surface area contributed by atoms with Gasteiger partial charge in [-0.2, -0.15) is 18.3 Å². The number of nitrogens with one attached hydrogen (secondary N) is 1. The van der Waals surface area contributed by atoms with Gasteiger partial charge in [0.05, 0.1) is 17.3 Å². The second-order valence-electron chi connectivity index (χ2n) is 6.32. The Balaban J connectivity index is 1.74. The van der Waals surface area contributed by atoms with Crippen LogP contribution in [0.4, 0.5) is 23.5 Å². The van der Waals surface area contributed by atoms with E-state index in [2.05, 4.69) is 20.5 Å². The Kier molecular flexibility index (Phi) is 6.04. The van der Waals surface area contributed by atoms with E-state index in [9.17, 15) is 22.4 Å². The number of aromatic nitrogens is 5. The van der Waals surface area contributed by atoms with E-state index in [-0.39, 0.29) is 28.8 Å². The molecule has 13 heteroatoms. The number of rotatable bonds is 5. The number of nitrogens with zero attached hydrogens (tertiary/aromatic N) is 5. The standard InChI is InChI=1S/C17H14Cl2F4N6O/c1-8-13(19)14(17(21,22)23)26-29(8)9(2)15(30)25-16-24-7-28(27-16)6-10-11(18)4-3-5-12(10)20/h3-5,7,9H,6H2,1-2H3,(H,25,27,30). The van der Waals surface area contributed by atoms with E-state index in [1.165, 1.54) is 43.1 Å². The number of hydrogen-bond acceptors (Lipinski definition) is 4. The van der Waals surface area contributed by atoms with Crippen molar-refractivity contribution in [2.24, 2.45) is 0 Å². The zero-order valence-corrected chi connectivity index (χ0v) is 17.0. The molecule has 1 N–H and O–H groups in total. The van der Waals surface area contributed by atoms with Gasteiger partial charge in [0.2, 0.25) is 5.95 Å². The van der Waals surface area contributed by atoms with Gasteiger partial charge in [0.15, 0.2) is 5.69 Å². The zero-order valence-electron chi connectivity index (χ0n) is 15.5. The number of carbonyl (C=O) groups excluding carboxylic acids is 1. The molecule has 1 unspecified atom stereocenters. The van der Waals surface area contributed by atoms with Crippen LogP contribution in [0, 0.1) is 12.7 Å². The molecule has 0 radical (unpaired) electrons. The number of alkyl halides is 3. The lowest BCUT2D eigenvalue weighted by molar-refractivity contribution is -0.141. The molecule has 7 nitrogen and oxygen atoms in total. The zero-order chi connectivity index (χ0) is 22.2. The Hall–Kier alpha value is -2.66. The molecule has 0 saturated carbocycles. The topological polar surface area (TPSA) is 77.6 Å². The fourth-order valence-electron chi connectivity index (χ4n) is 2.66. The van der Waals surface area contributed by atoms with Gasteiger partial charge in [-0.1, -0.05) is 29.3 Å². The van der Waals surface area contributed by atoms with Crippen LogP contribution >= 0.6 is 23.2 Å². The van der Waals surface area contributed by atoms with E-state index in [4.69, 9.17) is 23.2 Å². The Morgan fingerprint density at radius 1 is 1.27 bits per heavy atom. The highest BCUT2D eigenvalue weighted by Crippen LogP contribution is 2.36. The van der Waals surface area contributed by atoms with E-state index in [0.29, 0.717) is 0 Å². The minimum atomic E-state index is -4.75. The molecule has 160 valence electrons. The van der Waals surface area contributed by atoms with E-state index in [0.717, 1.165) is 4.68 Å². The number of halogens is 6. The predicted molar refractivity (Wildman–Crippen MR) is 101 cm³/mol. The third-order valence-corrected chi connectivity index (χ3v) is 5.05. The maximum absolute atomic E-state index is 13.9. The van der Waals surface area contributed by atoms with Crippen molar-refractivity contribution < 1.29 is 22.4 Å². The predicted octanol–water partition coefficient (Wildman–Crippen LogP) is 4.50. The molecule has 3 rings (SSSR count). The van der Waals surface area contributed by atoms with Gasteiger partial charge in [0, 0.05) is 10.6 Å². The van der Waals surface area contributed by atoms with E-state index in [1.54, 1.807) is 0 Å². The lowest BCUT2D eigenvalue weighted by Crippen LogP contribution is -2.26. The summed E-state index contributed by atoms with van der Waals surface area (Å²) in [6.45, 7) is 2.63. The van der Waals surface area contributed by atoms with Gasteiger partial charge in [0.25, 0.3) is 5.91 Å². The van der Waals surface area contributed by atoms with Crippen LogP contribution in [0.2, 0.25) is 10.0 Å². The molecular weight excluding hydrogens is 451 g/mol. The maximum atomic E-state index is 13.9. The summed E-state index contributed by atoms with van der Waals surface area (Å²) in [5, 5.41) is 9.42. The molecule has 0 bridgehead atoms. The Labute approximate surface area is 177 Å². The molecule has 0 aliphatic rings. The minimum Gasteiger partial charge on any atom is -0.291 e. The highest BCUT2D eigenvalue weighted by molar-refractivity contribution is 6.32. The second-order valence-corrected chi connectivity index (χ2v) is 7.11. The molecule has 1 atom stereocenters. The van der Waals surface area contributed by atoms with Gasteiger partial charge >= 0.3 is 6.18 Å². The first-order valence-corrected chi connectivity index (χ1v) is 9.19. The summed E-state index contributed by atoms with van der Waals surface area (Å²) in [6, 6.07) is 3.10. The summed E-state index contributed by atoms with van der Waals surface area (Å²) in [6.07, 6.45) is -3.50. The molecule has 1 amide bonds. The fraction of sp³-hybridized carbons (Fsp3) is 0.294. The van der Waals surface area contributed by atoms with Crippen molar-refractivity contribution >= 4 is 35.1 Å². The highest BCUT2D eigenvalue weighted by Gasteiger charge is 2.39. The minimum absolute atomic E-state index is 0.0145. The summed E-state index contributed by atoms with van der Waals surface area (Å²) in [7, 11) is 0. The maximum Gasteiger partial charge on any atom is 0.436 e. The third kappa shape index (κ3) is 4.41. The van der Waals surface area contributed by atoms with Gasteiger partial charge in [-0.25, -0.2) is 14.1 Å².